The van der Waals surface area contributed by atoms with E-state index >= 15 is 0 Å². The van der Waals surface area contributed by atoms with Crippen molar-refractivity contribution in [2.45, 2.75) is 24.1 Å². The molecular weight excluding hydrogens is 323 g/mol. The molecule has 0 radical (unpaired) electrons. The van der Waals surface area contributed by atoms with E-state index in [-0.39, 0.29) is 5.69 Å². The van der Waals surface area contributed by atoms with Gasteiger partial charge in [-0.2, -0.15) is 13.2 Å². The summed E-state index contributed by atoms with van der Waals surface area (Å²) in [7, 11) is 0. The zero-order valence-electron chi connectivity index (χ0n) is 12.4. The highest BCUT2D eigenvalue weighted by molar-refractivity contribution is 7.99. The van der Waals surface area contributed by atoms with E-state index in [0.29, 0.717) is 5.75 Å². The summed E-state index contributed by atoms with van der Waals surface area (Å²) < 4.78 is 38.7. The van der Waals surface area contributed by atoms with Gasteiger partial charge in [0.1, 0.15) is 0 Å². The summed E-state index contributed by atoms with van der Waals surface area (Å²) >= 11 is 1.38. The van der Waals surface area contributed by atoms with Crippen LogP contribution in [0.1, 0.15) is 18.1 Å². The maximum atomic E-state index is 12.9. The lowest BCUT2D eigenvalue weighted by Gasteiger charge is -2.16. The van der Waals surface area contributed by atoms with Crippen LogP contribution in [0.4, 0.5) is 18.9 Å². The molecule has 2 aromatic rings. The number of anilines is 1. The van der Waals surface area contributed by atoms with Crippen molar-refractivity contribution in [3.05, 3.63) is 65.7 Å². The number of nitrogens with one attached hydrogen (secondary N) is 1. The Morgan fingerprint density at radius 1 is 1.09 bits per heavy atom. The molecular formula is C17H16F3NOS. The summed E-state index contributed by atoms with van der Waals surface area (Å²) in [6.45, 7) is 1.68. The lowest BCUT2D eigenvalue weighted by atomic mass is 10.1. The predicted octanol–water partition coefficient (Wildman–Crippen LogP) is 4.97. The smallest absolute Gasteiger partial charge is 0.325 e. The first-order valence-corrected chi connectivity index (χ1v) is 8.05. The van der Waals surface area contributed by atoms with Crippen molar-refractivity contribution in [2.75, 3.05) is 5.32 Å². The number of hydrogen-bond acceptors (Lipinski definition) is 2. The minimum Gasteiger partial charge on any atom is -0.325 e. The van der Waals surface area contributed by atoms with E-state index in [1.54, 1.807) is 6.92 Å². The number of thioether (sulfide) groups is 1. The minimum atomic E-state index is -4.50. The monoisotopic (exact) mass is 339 g/mol. The zero-order valence-corrected chi connectivity index (χ0v) is 13.2. The van der Waals surface area contributed by atoms with Crippen LogP contribution >= 0.6 is 11.8 Å². The Bertz CT molecular complexity index is 658. The normalized spacial score (nSPS) is 12.7. The molecule has 1 atom stereocenters. The molecule has 23 heavy (non-hydrogen) atoms. The number of carbonyl (C=O) groups excluding carboxylic acids is 1. The third kappa shape index (κ3) is 5.03. The highest BCUT2D eigenvalue weighted by Crippen LogP contribution is 2.34. The maximum absolute atomic E-state index is 12.9. The van der Waals surface area contributed by atoms with Crippen molar-refractivity contribution in [2.24, 2.45) is 0 Å². The van der Waals surface area contributed by atoms with Gasteiger partial charge in [-0.3, -0.25) is 4.79 Å². The first-order chi connectivity index (χ1) is 10.9. The summed E-state index contributed by atoms with van der Waals surface area (Å²) in [6.07, 6.45) is -4.50. The van der Waals surface area contributed by atoms with Crippen molar-refractivity contribution in [1.29, 1.82) is 0 Å². The standard InChI is InChI=1S/C17H16F3NOS/c1-12(23-11-13-7-3-2-4-8-13)16(22)21-15-10-6-5-9-14(15)17(18,19)20/h2-10,12H,11H2,1H3,(H,21,22)/t12-/m1/s1. The number of para-hydroxylation sites is 1. The van der Waals surface area contributed by atoms with E-state index in [1.807, 2.05) is 30.3 Å². The maximum Gasteiger partial charge on any atom is 0.418 e. The number of alkyl halides is 3. The van der Waals surface area contributed by atoms with Crippen LogP contribution in [0.2, 0.25) is 0 Å². The number of hydrogen-bond donors (Lipinski definition) is 1. The molecule has 1 amide bonds. The topological polar surface area (TPSA) is 29.1 Å². The van der Waals surface area contributed by atoms with Crippen molar-refractivity contribution < 1.29 is 18.0 Å². The molecule has 0 saturated carbocycles. The lowest BCUT2D eigenvalue weighted by molar-refractivity contribution is -0.137. The average molecular weight is 339 g/mol. The van der Waals surface area contributed by atoms with E-state index in [1.165, 1.54) is 30.0 Å². The predicted molar refractivity (Wildman–Crippen MR) is 87.3 cm³/mol. The van der Waals surface area contributed by atoms with E-state index in [0.717, 1.165) is 11.6 Å². The molecule has 0 aliphatic carbocycles. The highest BCUT2D eigenvalue weighted by Gasteiger charge is 2.33. The molecule has 0 aromatic heterocycles. The van der Waals surface area contributed by atoms with Crippen LogP contribution in [-0.2, 0) is 16.7 Å². The molecule has 6 heteroatoms. The van der Waals surface area contributed by atoms with Crippen molar-refractivity contribution >= 4 is 23.4 Å². The molecule has 0 fully saturated rings. The van der Waals surface area contributed by atoms with Gasteiger partial charge in [-0.15, -0.1) is 11.8 Å². The SMILES string of the molecule is C[C@@H](SCc1ccccc1)C(=O)Nc1ccccc1C(F)(F)F. The molecule has 0 bridgehead atoms. The lowest BCUT2D eigenvalue weighted by Crippen LogP contribution is -2.24. The van der Waals surface area contributed by atoms with Gasteiger partial charge in [0.2, 0.25) is 5.91 Å². The van der Waals surface area contributed by atoms with Crippen LogP contribution in [0.5, 0.6) is 0 Å². The fourth-order valence-corrected chi connectivity index (χ4v) is 2.79. The Morgan fingerprint density at radius 2 is 1.70 bits per heavy atom. The van der Waals surface area contributed by atoms with Gasteiger partial charge in [-0.05, 0) is 24.6 Å². The van der Waals surface area contributed by atoms with E-state index in [2.05, 4.69) is 5.32 Å². The molecule has 0 aliphatic heterocycles. The fourth-order valence-electron chi connectivity index (χ4n) is 1.94. The van der Waals surface area contributed by atoms with Crippen LogP contribution in [0.25, 0.3) is 0 Å². The van der Waals surface area contributed by atoms with Crippen LogP contribution in [0.15, 0.2) is 54.6 Å². The second-order valence-corrected chi connectivity index (χ2v) is 6.30. The van der Waals surface area contributed by atoms with Crippen molar-refractivity contribution in [3.8, 4) is 0 Å². The van der Waals surface area contributed by atoms with E-state index < -0.39 is 22.9 Å². The second-order valence-electron chi connectivity index (χ2n) is 4.97. The Kier molecular flexibility index (Phi) is 5.71. The van der Waals surface area contributed by atoms with Crippen LogP contribution in [0, 0.1) is 0 Å². The molecule has 122 valence electrons. The summed E-state index contributed by atoms with van der Waals surface area (Å²) in [5.74, 6) is 0.179. The molecule has 1 N–H and O–H groups in total. The Morgan fingerprint density at radius 3 is 2.35 bits per heavy atom. The number of carbonyl (C=O) groups is 1. The Balaban J connectivity index is 1.99. The third-order valence-electron chi connectivity index (χ3n) is 3.20. The van der Waals surface area contributed by atoms with Crippen LogP contribution in [-0.4, -0.2) is 11.2 Å². The van der Waals surface area contributed by atoms with Gasteiger partial charge in [0.25, 0.3) is 0 Å². The van der Waals surface area contributed by atoms with Gasteiger partial charge in [-0.1, -0.05) is 42.5 Å². The minimum absolute atomic E-state index is 0.211. The number of amides is 1. The van der Waals surface area contributed by atoms with Gasteiger partial charge < -0.3 is 5.32 Å². The molecule has 0 spiro atoms. The average Bonchev–Trinajstić information content (AvgIpc) is 2.53. The molecule has 0 unspecified atom stereocenters. The van der Waals surface area contributed by atoms with Gasteiger partial charge in [0, 0.05) is 5.75 Å². The fraction of sp³-hybridized carbons (Fsp3) is 0.235. The van der Waals surface area contributed by atoms with Crippen LogP contribution < -0.4 is 5.32 Å². The van der Waals surface area contributed by atoms with Crippen molar-refractivity contribution in [1.82, 2.24) is 0 Å². The Hall–Kier alpha value is -1.95. The quantitative estimate of drug-likeness (QED) is 0.834. The summed E-state index contributed by atoms with van der Waals surface area (Å²) in [5.41, 5.74) is 0.0126. The van der Waals surface area contributed by atoms with Gasteiger partial charge in [0.05, 0.1) is 16.5 Å². The van der Waals surface area contributed by atoms with Gasteiger partial charge in [-0.25, -0.2) is 0 Å². The van der Waals surface area contributed by atoms with Gasteiger partial charge in [0.15, 0.2) is 0 Å². The second kappa shape index (κ2) is 7.55. The van der Waals surface area contributed by atoms with E-state index in [4.69, 9.17) is 0 Å². The molecule has 0 aliphatic rings. The van der Waals surface area contributed by atoms with Crippen molar-refractivity contribution in [3.63, 3.8) is 0 Å². The molecule has 2 rings (SSSR count). The first-order valence-electron chi connectivity index (χ1n) is 7.00. The summed E-state index contributed by atoms with van der Waals surface area (Å²) in [5, 5.41) is 1.91. The summed E-state index contributed by atoms with van der Waals surface area (Å²) in [6, 6.07) is 14.6. The first kappa shape index (κ1) is 17.4. The van der Waals surface area contributed by atoms with Crippen LogP contribution in [0.3, 0.4) is 0 Å². The largest absolute Gasteiger partial charge is 0.418 e. The molecule has 2 nitrogen and oxygen atoms in total. The molecule has 2 aromatic carbocycles. The summed E-state index contributed by atoms with van der Waals surface area (Å²) in [4.78, 5) is 12.1. The number of rotatable bonds is 5. The zero-order chi connectivity index (χ0) is 16.9. The van der Waals surface area contributed by atoms with Gasteiger partial charge >= 0.3 is 6.18 Å². The van der Waals surface area contributed by atoms with E-state index in [9.17, 15) is 18.0 Å². The molecule has 0 heterocycles. The number of benzene rings is 2. The third-order valence-corrected chi connectivity index (χ3v) is 4.42. The highest BCUT2D eigenvalue weighted by atomic mass is 32.2. The number of halogens is 3. The molecule has 0 saturated heterocycles. The Labute approximate surface area is 137 Å².